The molecule has 28 heavy (non-hydrogen) atoms. The number of nitrogens with zero attached hydrogens (tertiary/aromatic N) is 7. The third-order valence-electron chi connectivity index (χ3n) is 4.99. The Labute approximate surface area is 163 Å². The molecule has 3 aromatic heterocycles. The van der Waals surface area contributed by atoms with Gasteiger partial charge in [0.1, 0.15) is 24.0 Å². The van der Waals surface area contributed by atoms with Crippen molar-refractivity contribution in [3.05, 3.63) is 24.5 Å². The number of anilines is 1. The van der Waals surface area contributed by atoms with Crippen LogP contribution in [0.4, 0.5) is 5.82 Å². The normalized spacial score (nSPS) is 16.9. The Morgan fingerprint density at radius 3 is 2.68 bits per heavy atom. The van der Waals surface area contributed by atoms with Crippen LogP contribution in [0.25, 0.3) is 22.6 Å². The molecule has 146 valence electrons. The van der Waals surface area contributed by atoms with Crippen molar-refractivity contribution in [1.82, 2.24) is 34.4 Å². The molecule has 1 amide bonds. The molecule has 9 nitrogen and oxygen atoms in total. The van der Waals surface area contributed by atoms with Crippen LogP contribution in [0.15, 0.2) is 18.7 Å². The van der Waals surface area contributed by atoms with Crippen LogP contribution < -0.4 is 5.32 Å². The van der Waals surface area contributed by atoms with Crippen LogP contribution in [-0.4, -0.2) is 59.4 Å². The van der Waals surface area contributed by atoms with Crippen molar-refractivity contribution in [3.63, 3.8) is 0 Å². The summed E-state index contributed by atoms with van der Waals surface area (Å²) in [5.41, 5.74) is 2.20. The summed E-state index contributed by atoms with van der Waals surface area (Å²) in [5.74, 6) is 2.16. The SMILES string of the molecule is CCCN1CC[C@@H](Nc2ncnc3c2nc(-c2cnc(C)nc2)n3CC)C1=O. The van der Waals surface area contributed by atoms with Gasteiger partial charge in [-0.3, -0.25) is 4.79 Å². The van der Waals surface area contributed by atoms with Crippen LogP contribution >= 0.6 is 0 Å². The van der Waals surface area contributed by atoms with E-state index in [9.17, 15) is 4.79 Å². The van der Waals surface area contributed by atoms with Crippen LogP contribution in [0, 0.1) is 6.92 Å². The fraction of sp³-hybridized carbons (Fsp3) is 0.474. The lowest BCUT2D eigenvalue weighted by Crippen LogP contribution is -2.34. The molecule has 1 fully saturated rings. The summed E-state index contributed by atoms with van der Waals surface area (Å²) in [5, 5.41) is 3.30. The Kier molecular flexibility index (Phi) is 4.89. The molecule has 0 saturated carbocycles. The minimum absolute atomic E-state index is 0.121. The lowest BCUT2D eigenvalue weighted by Gasteiger charge is -2.16. The molecule has 0 bridgehead atoms. The average Bonchev–Trinajstić information content (AvgIpc) is 3.25. The van der Waals surface area contributed by atoms with Gasteiger partial charge in [-0.1, -0.05) is 6.92 Å². The van der Waals surface area contributed by atoms with Gasteiger partial charge in [0.05, 0.1) is 5.56 Å². The Morgan fingerprint density at radius 1 is 1.18 bits per heavy atom. The second-order valence-corrected chi connectivity index (χ2v) is 6.90. The fourth-order valence-corrected chi connectivity index (χ4v) is 3.60. The fourth-order valence-electron chi connectivity index (χ4n) is 3.60. The number of aromatic nitrogens is 6. The zero-order valence-electron chi connectivity index (χ0n) is 16.4. The van der Waals surface area contributed by atoms with Crippen molar-refractivity contribution in [2.45, 2.75) is 46.2 Å². The Bertz CT molecular complexity index is 997. The van der Waals surface area contributed by atoms with E-state index >= 15 is 0 Å². The zero-order valence-corrected chi connectivity index (χ0v) is 16.4. The Morgan fingerprint density at radius 2 is 1.96 bits per heavy atom. The number of hydrogen-bond acceptors (Lipinski definition) is 7. The summed E-state index contributed by atoms with van der Waals surface area (Å²) >= 11 is 0. The number of carbonyl (C=O) groups is 1. The van der Waals surface area contributed by atoms with Crippen molar-refractivity contribution in [2.75, 3.05) is 18.4 Å². The second-order valence-electron chi connectivity index (χ2n) is 6.90. The minimum atomic E-state index is -0.275. The van der Waals surface area contributed by atoms with Gasteiger partial charge in [0.25, 0.3) is 0 Å². The van der Waals surface area contributed by atoms with E-state index in [1.54, 1.807) is 12.4 Å². The Balaban J connectivity index is 1.71. The van der Waals surface area contributed by atoms with E-state index in [1.165, 1.54) is 6.33 Å². The van der Waals surface area contributed by atoms with Gasteiger partial charge in [-0.05, 0) is 26.7 Å². The zero-order chi connectivity index (χ0) is 19.7. The van der Waals surface area contributed by atoms with Crippen molar-refractivity contribution < 1.29 is 4.79 Å². The number of aryl methyl sites for hydroxylation is 2. The van der Waals surface area contributed by atoms with Crippen LogP contribution in [0.2, 0.25) is 0 Å². The average molecular weight is 380 g/mol. The summed E-state index contributed by atoms with van der Waals surface area (Å²) in [6.45, 7) is 8.23. The smallest absolute Gasteiger partial charge is 0.245 e. The first-order chi connectivity index (χ1) is 13.6. The molecule has 0 radical (unpaired) electrons. The standard InChI is InChI=1S/C19H24N8O/c1-4-7-26-8-6-14(19(26)28)24-16-15-18(23-11-22-16)27(5-2)17(25-15)13-9-20-12(3)21-10-13/h9-11,14H,4-8H2,1-3H3,(H,22,23,24)/t14-/m1/s1. The summed E-state index contributed by atoms with van der Waals surface area (Å²) in [6.07, 6.45) is 6.76. The first-order valence-corrected chi connectivity index (χ1v) is 9.68. The van der Waals surface area contributed by atoms with Crippen LogP contribution in [-0.2, 0) is 11.3 Å². The number of rotatable bonds is 6. The maximum atomic E-state index is 12.6. The topological polar surface area (TPSA) is 102 Å². The molecule has 3 aromatic rings. The highest BCUT2D eigenvalue weighted by Gasteiger charge is 2.32. The molecule has 4 heterocycles. The third kappa shape index (κ3) is 3.17. The molecule has 1 aliphatic heterocycles. The molecule has 0 unspecified atom stereocenters. The van der Waals surface area contributed by atoms with E-state index in [-0.39, 0.29) is 11.9 Å². The molecule has 1 N–H and O–H groups in total. The largest absolute Gasteiger partial charge is 0.356 e. The third-order valence-corrected chi connectivity index (χ3v) is 4.99. The minimum Gasteiger partial charge on any atom is -0.356 e. The van der Waals surface area contributed by atoms with Gasteiger partial charge in [0.15, 0.2) is 17.0 Å². The van der Waals surface area contributed by atoms with Gasteiger partial charge in [-0.15, -0.1) is 0 Å². The molecule has 0 spiro atoms. The van der Waals surface area contributed by atoms with E-state index in [2.05, 4.69) is 32.2 Å². The van der Waals surface area contributed by atoms with Gasteiger partial charge < -0.3 is 14.8 Å². The predicted octanol–water partition coefficient (Wildman–Crippen LogP) is 2.03. The van der Waals surface area contributed by atoms with Gasteiger partial charge >= 0.3 is 0 Å². The van der Waals surface area contributed by atoms with Gasteiger partial charge in [-0.25, -0.2) is 24.9 Å². The summed E-state index contributed by atoms with van der Waals surface area (Å²) in [4.78, 5) is 36.6. The van der Waals surface area contributed by atoms with E-state index < -0.39 is 0 Å². The monoisotopic (exact) mass is 380 g/mol. The number of likely N-dealkylation sites (tertiary alicyclic amines) is 1. The number of nitrogens with one attached hydrogen (secondary N) is 1. The highest BCUT2D eigenvalue weighted by atomic mass is 16.2. The molecule has 0 aliphatic carbocycles. The van der Waals surface area contributed by atoms with Crippen molar-refractivity contribution in [1.29, 1.82) is 0 Å². The molecule has 1 atom stereocenters. The van der Waals surface area contributed by atoms with Gasteiger partial charge in [0.2, 0.25) is 5.91 Å². The van der Waals surface area contributed by atoms with Gasteiger partial charge in [0, 0.05) is 32.0 Å². The maximum Gasteiger partial charge on any atom is 0.245 e. The highest BCUT2D eigenvalue weighted by molar-refractivity contribution is 5.91. The van der Waals surface area contributed by atoms with E-state index in [1.807, 2.05) is 23.3 Å². The Hall–Kier alpha value is -3.10. The predicted molar refractivity (Wildman–Crippen MR) is 106 cm³/mol. The summed E-state index contributed by atoms with van der Waals surface area (Å²) in [6, 6.07) is -0.275. The number of carbonyl (C=O) groups excluding carboxylic acids is 1. The van der Waals surface area contributed by atoms with Crippen LogP contribution in [0.1, 0.15) is 32.5 Å². The molecule has 0 aromatic carbocycles. The number of fused-ring (bicyclic) bond motifs is 1. The number of amides is 1. The van der Waals surface area contributed by atoms with Crippen molar-refractivity contribution in [3.8, 4) is 11.4 Å². The first kappa shape index (κ1) is 18.3. The van der Waals surface area contributed by atoms with Gasteiger partial charge in [-0.2, -0.15) is 0 Å². The number of hydrogen-bond donors (Lipinski definition) is 1. The van der Waals surface area contributed by atoms with E-state index in [0.717, 1.165) is 43.0 Å². The molecule has 9 heteroatoms. The quantitative estimate of drug-likeness (QED) is 0.698. The molecular formula is C19H24N8O. The van der Waals surface area contributed by atoms with Crippen LogP contribution in [0.3, 0.4) is 0 Å². The lowest BCUT2D eigenvalue weighted by atomic mass is 10.2. The summed E-state index contributed by atoms with van der Waals surface area (Å²) < 4.78 is 2.01. The first-order valence-electron chi connectivity index (χ1n) is 9.68. The second kappa shape index (κ2) is 7.49. The molecule has 4 rings (SSSR count). The van der Waals surface area contributed by atoms with Crippen LogP contribution in [0.5, 0.6) is 0 Å². The maximum absolute atomic E-state index is 12.6. The molecule has 1 aliphatic rings. The molecular weight excluding hydrogens is 356 g/mol. The van der Waals surface area contributed by atoms with E-state index in [4.69, 9.17) is 4.98 Å². The van der Waals surface area contributed by atoms with E-state index in [0.29, 0.717) is 23.7 Å². The number of imidazole rings is 1. The lowest BCUT2D eigenvalue weighted by molar-refractivity contribution is -0.128. The summed E-state index contributed by atoms with van der Waals surface area (Å²) in [7, 11) is 0. The molecule has 1 saturated heterocycles. The van der Waals surface area contributed by atoms with Crippen molar-refractivity contribution >= 4 is 22.9 Å². The highest BCUT2D eigenvalue weighted by Crippen LogP contribution is 2.27. The van der Waals surface area contributed by atoms with Crippen molar-refractivity contribution in [2.24, 2.45) is 0 Å².